The van der Waals surface area contributed by atoms with Crippen molar-refractivity contribution in [1.29, 1.82) is 0 Å². The highest BCUT2D eigenvalue weighted by atomic mass is 35.5. The average molecular weight is 562 g/mol. The smallest absolute Gasteiger partial charge is 0.348 e. The molecule has 2 aromatic heterocycles. The second-order valence-electron chi connectivity index (χ2n) is 8.34. The second-order valence-corrected chi connectivity index (χ2v) is 8.75. The minimum absolute atomic E-state index is 0.0712. The Hall–Kier alpha value is -4.59. The topological polar surface area (TPSA) is 129 Å². The summed E-state index contributed by atoms with van der Waals surface area (Å²) in [6.07, 6.45) is -3.35. The number of imidazole rings is 1. The number of alkyl halides is 3. The molecule has 0 saturated heterocycles. The van der Waals surface area contributed by atoms with Gasteiger partial charge >= 0.3 is 18.2 Å². The fraction of sp³-hybridized carbons (Fsp3) is 0.208. The predicted octanol–water partition coefficient (Wildman–Crippen LogP) is 5.34. The van der Waals surface area contributed by atoms with Gasteiger partial charge in [-0.1, -0.05) is 11.6 Å². The summed E-state index contributed by atoms with van der Waals surface area (Å²) in [7, 11) is 3.59. The van der Waals surface area contributed by atoms with Crippen LogP contribution >= 0.6 is 11.6 Å². The van der Waals surface area contributed by atoms with Gasteiger partial charge in [0, 0.05) is 32.0 Å². The first kappa shape index (κ1) is 27.4. The van der Waals surface area contributed by atoms with Gasteiger partial charge in [-0.3, -0.25) is 9.88 Å². The number of rotatable bonds is 6. The second kappa shape index (κ2) is 11.0. The molecule has 4 aromatic rings. The van der Waals surface area contributed by atoms with Crippen molar-refractivity contribution in [3.8, 4) is 5.69 Å². The summed E-state index contributed by atoms with van der Waals surface area (Å²) in [5.41, 5.74) is 0.701. The Labute approximate surface area is 225 Å². The highest BCUT2D eigenvalue weighted by Crippen LogP contribution is 2.36. The molecule has 4 amide bonds. The average Bonchev–Trinajstić information content (AvgIpc) is 3.26. The number of halogens is 4. The normalized spacial score (nSPS) is 11.3. The van der Waals surface area contributed by atoms with Crippen LogP contribution in [0.3, 0.4) is 0 Å². The molecule has 11 nitrogen and oxygen atoms in total. The largest absolute Gasteiger partial charge is 0.417 e. The van der Waals surface area contributed by atoms with Gasteiger partial charge in [-0.15, -0.1) is 0 Å². The van der Waals surface area contributed by atoms with Gasteiger partial charge in [0.2, 0.25) is 5.95 Å². The van der Waals surface area contributed by atoms with Crippen molar-refractivity contribution in [2.45, 2.75) is 13.1 Å². The molecule has 2 heterocycles. The molecule has 204 valence electrons. The fourth-order valence-electron chi connectivity index (χ4n) is 3.63. The molecule has 0 atom stereocenters. The van der Waals surface area contributed by atoms with Crippen LogP contribution in [0.1, 0.15) is 12.5 Å². The first-order valence-corrected chi connectivity index (χ1v) is 11.9. The van der Waals surface area contributed by atoms with E-state index >= 15 is 0 Å². The number of anilines is 4. The third-order valence-corrected chi connectivity index (χ3v) is 5.64. The van der Waals surface area contributed by atoms with E-state index in [0.29, 0.717) is 35.0 Å². The van der Waals surface area contributed by atoms with E-state index in [0.717, 1.165) is 12.1 Å². The number of benzene rings is 2. The number of nitrogens with one attached hydrogen (secondary N) is 4. The van der Waals surface area contributed by atoms with Crippen LogP contribution in [-0.2, 0) is 6.18 Å². The number of hydrogen-bond donors (Lipinski definition) is 4. The minimum atomic E-state index is -4.66. The molecule has 2 aromatic carbocycles. The van der Waals surface area contributed by atoms with Crippen LogP contribution in [0, 0.1) is 0 Å². The van der Waals surface area contributed by atoms with Crippen LogP contribution in [-0.4, -0.2) is 52.2 Å². The van der Waals surface area contributed by atoms with Gasteiger partial charge in [0.1, 0.15) is 6.33 Å². The Bertz CT molecular complexity index is 1520. The van der Waals surface area contributed by atoms with E-state index in [1.807, 2.05) is 0 Å². The van der Waals surface area contributed by atoms with Crippen LogP contribution < -0.4 is 26.2 Å². The highest BCUT2D eigenvalue weighted by Gasteiger charge is 2.33. The number of nitrogens with zero attached hydrogens (tertiary/aromatic N) is 5. The molecule has 15 heteroatoms. The number of fused-ring (bicyclic) bond motifs is 1. The molecule has 0 unspecified atom stereocenters. The van der Waals surface area contributed by atoms with Crippen molar-refractivity contribution in [3.63, 3.8) is 0 Å². The number of amides is 4. The monoisotopic (exact) mass is 561 g/mol. The molecule has 4 rings (SSSR count). The molecule has 0 aliphatic carbocycles. The van der Waals surface area contributed by atoms with Gasteiger partial charge in [-0.05, 0) is 49.4 Å². The summed E-state index contributed by atoms with van der Waals surface area (Å²) in [5.74, 6) is 0.741. The lowest BCUT2D eigenvalue weighted by Crippen LogP contribution is -2.28. The Morgan fingerprint density at radius 3 is 2.28 bits per heavy atom. The number of aromatic nitrogens is 4. The van der Waals surface area contributed by atoms with E-state index in [1.165, 1.54) is 12.4 Å². The molecule has 0 spiro atoms. The number of urea groups is 2. The van der Waals surface area contributed by atoms with Crippen molar-refractivity contribution in [1.82, 2.24) is 24.8 Å². The summed E-state index contributed by atoms with van der Waals surface area (Å²) in [6, 6.07) is 8.54. The van der Waals surface area contributed by atoms with Crippen LogP contribution in [0.5, 0.6) is 0 Å². The SMILES string of the molecule is CCNC(=O)Nc1ncnc2c1nc(N(C)C)n2-c1ccc(NC(=O)Nc2ccc(Cl)c(C(F)(F)F)c2)cc1. The zero-order valence-corrected chi connectivity index (χ0v) is 21.6. The van der Waals surface area contributed by atoms with Crippen molar-refractivity contribution in [2.24, 2.45) is 0 Å². The molecule has 0 aliphatic rings. The number of carbonyl (C=O) groups is 2. The maximum atomic E-state index is 13.1. The van der Waals surface area contributed by atoms with E-state index in [4.69, 9.17) is 11.6 Å². The van der Waals surface area contributed by atoms with Crippen molar-refractivity contribution < 1.29 is 22.8 Å². The summed E-state index contributed by atoms with van der Waals surface area (Å²) in [4.78, 5) is 39.3. The standard InChI is InChI=1S/C24H23ClF3N9O2/c1-4-29-21(38)35-19-18-20(31-12-30-19)37(23(34-18)36(2)3)15-8-5-13(6-9-15)32-22(39)33-14-7-10-17(25)16(11-14)24(26,27)28/h5-12H,4H2,1-3H3,(H2,32,33,39)(H2,29,30,31,35,38). The van der Waals surface area contributed by atoms with E-state index in [2.05, 4.69) is 36.2 Å². The van der Waals surface area contributed by atoms with E-state index in [9.17, 15) is 22.8 Å². The van der Waals surface area contributed by atoms with E-state index in [-0.39, 0.29) is 11.5 Å². The lowest BCUT2D eigenvalue weighted by Gasteiger charge is -2.15. The molecular weight excluding hydrogens is 539 g/mol. The molecule has 4 N–H and O–H groups in total. The van der Waals surface area contributed by atoms with Gasteiger partial charge in [0.15, 0.2) is 17.0 Å². The molecule has 0 radical (unpaired) electrons. The fourth-order valence-corrected chi connectivity index (χ4v) is 3.85. The highest BCUT2D eigenvalue weighted by molar-refractivity contribution is 6.31. The van der Waals surface area contributed by atoms with Gasteiger partial charge in [-0.2, -0.15) is 13.2 Å². The van der Waals surface area contributed by atoms with Gasteiger partial charge in [0.05, 0.1) is 16.3 Å². The maximum Gasteiger partial charge on any atom is 0.417 e. The zero-order chi connectivity index (χ0) is 28.3. The Balaban J connectivity index is 1.57. The third-order valence-electron chi connectivity index (χ3n) is 5.31. The van der Waals surface area contributed by atoms with Crippen LogP contribution in [0.25, 0.3) is 16.9 Å². The van der Waals surface area contributed by atoms with Crippen LogP contribution in [0.4, 0.5) is 45.9 Å². The van der Waals surface area contributed by atoms with Crippen molar-refractivity contribution in [2.75, 3.05) is 41.5 Å². The third kappa shape index (κ3) is 6.12. The van der Waals surface area contributed by atoms with Crippen LogP contribution in [0.2, 0.25) is 5.02 Å². The van der Waals surface area contributed by atoms with Gasteiger partial charge < -0.3 is 20.9 Å². The Kier molecular flexibility index (Phi) is 7.76. The first-order chi connectivity index (χ1) is 18.5. The lowest BCUT2D eigenvalue weighted by molar-refractivity contribution is -0.137. The Morgan fingerprint density at radius 1 is 0.974 bits per heavy atom. The number of carbonyl (C=O) groups excluding carboxylic acids is 2. The molecular formula is C24H23ClF3N9O2. The molecule has 0 fully saturated rings. The predicted molar refractivity (Wildman–Crippen MR) is 143 cm³/mol. The molecule has 0 bridgehead atoms. The van der Waals surface area contributed by atoms with E-state index < -0.39 is 28.8 Å². The van der Waals surface area contributed by atoms with Gasteiger partial charge in [0.25, 0.3) is 0 Å². The van der Waals surface area contributed by atoms with E-state index in [1.54, 1.807) is 54.8 Å². The minimum Gasteiger partial charge on any atom is -0.348 e. The first-order valence-electron chi connectivity index (χ1n) is 11.5. The van der Waals surface area contributed by atoms with Gasteiger partial charge in [-0.25, -0.2) is 24.5 Å². The quantitative estimate of drug-likeness (QED) is 0.251. The lowest BCUT2D eigenvalue weighted by atomic mass is 10.2. The van der Waals surface area contributed by atoms with Crippen LogP contribution in [0.15, 0.2) is 48.8 Å². The summed E-state index contributed by atoms with van der Waals surface area (Å²) in [6.45, 7) is 2.22. The molecule has 39 heavy (non-hydrogen) atoms. The summed E-state index contributed by atoms with van der Waals surface area (Å²) in [5, 5.41) is 9.77. The Morgan fingerprint density at radius 2 is 1.64 bits per heavy atom. The maximum absolute atomic E-state index is 13.1. The molecule has 0 saturated carbocycles. The summed E-state index contributed by atoms with van der Waals surface area (Å²) < 4.78 is 41.0. The van der Waals surface area contributed by atoms with Crippen molar-refractivity contribution in [3.05, 3.63) is 59.4 Å². The number of hydrogen-bond acceptors (Lipinski definition) is 6. The zero-order valence-electron chi connectivity index (χ0n) is 20.9. The van der Waals surface area contributed by atoms with Crippen molar-refractivity contribution >= 4 is 58.0 Å². The summed E-state index contributed by atoms with van der Waals surface area (Å²) >= 11 is 5.63. The molecule has 0 aliphatic heterocycles.